The molecule has 0 saturated carbocycles. The highest BCUT2D eigenvalue weighted by atomic mass is 16.6. The third-order valence-electron chi connectivity index (χ3n) is 6.08. The largest absolute Gasteiger partial charge is 0.442 e. The Labute approximate surface area is 188 Å². The molecule has 5 heterocycles. The normalized spacial score (nSPS) is 18.8. The van der Waals surface area contributed by atoms with Gasteiger partial charge in [0.25, 0.3) is 0 Å². The summed E-state index contributed by atoms with van der Waals surface area (Å²) < 4.78 is 8.99. The molecule has 164 valence electrons. The van der Waals surface area contributed by atoms with Gasteiger partial charge in [0.1, 0.15) is 11.8 Å². The number of hydrogen-bond donors (Lipinski definition) is 0. The van der Waals surface area contributed by atoms with E-state index in [2.05, 4.69) is 26.3 Å². The van der Waals surface area contributed by atoms with Crippen LogP contribution < -0.4 is 4.90 Å². The predicted octanol–water partition coefficient (Wildman–Crippen LogP) is 2.37. The van der Waals surface area contributed by atoms with E-state index in [0.29, 0.717) is 18.7 Å². The van der Waals surface area contributed by atoms with Gasteiger partial charge in [0.15, 0.2) is 0 Å². The maximum atomic E-state index is 12.5. The molecule has 1 fully saturated rings. The van der Waals surface area contributed by atoms with E-state index in [1.165, 1.54) is 0 Å². The van der Waals surface area contributed by atoms with E-state index < -0.39 is 0 Å². The number of ketones is 1. The van der Waals surface area contributed by atoms with E-state index in [9.17, 15) is 9.59 Å². The molecule has 1 amide bonds. The van der Waals surface area contributed by atoms with E-state index in [0.717, 1.165) is 22.4 Å². The smallest absolute Gasteiger partial charge is 0.415 e. The van der Waals surface area contributed by atoms with Crippen LogP contribution in [0.4, 0.5) is 10.5 Å². The number of cyclic esters (lactones) is 1. The quantitative estimate of drug-likeness (QED) is 0.423. The van der Waals surface area contributed by atoms with Crippen molar-refractivity contribution in [2.75, 3.05) is 4.90 Å². The molecule has 2 aliphatic heterocycles. The summed E-state index contributed by atoms with van der Waals surface area (Å²) in [4.78, 5) is 35.0. The van der Waals surface area contributed by atoms with Crippen LogP contribution in [0.3, 0.4) is 0 Å². The molecule has 2 aliphatic rings. The predicted molar refractivity (Wildman–Crippen MR) is 116 cm³/mol. The zero-order valence-electron chi connectivity index (χ0n) is 17.5. The molecule has 0 aliphatic carbocycles. The van der Waals surface area contributed by atoms with Crippen molar-refractivity contribution in [3.05, 3.63) is 78.9 Å². The molecule has 3 aromatic heterocycles. The van der Waals surface area contributed by atoms with Gasteiger partial charge in [-0.15, -0.1) is 5.10 Å². The molecule has 0 bridgehead atoms. The minimum Gasteiger partial charge on any atom is -0.442 e. The molecule has 0 radical (unpaired) electrons. The third-order valence-corrected chi connectivity index (χ3v) is 6.08. The van der Waals surface area contributed by atoms with E-state index in [1.54, 1.807) is 57.5 Å². The second kappa shape index (κ2) is 7.66. The van der Waals surface area contributed by atoms with E-state index in [-0.39, 0.29) is 30.6 Å². The molecular weight excluding hydrogens is 422 g/mol. The van der Waals surface area contributed by atoms with Gasteiger partial charge in [-0.2, -0.15) is 0 Å². The summed E-state index contributed by atoms with van der Waals surface area (Å²) in [5, 5.41) is 7.80. The molecule has 1 saturated heterocycles. The molecule has 33 heavy (non-hydrogen) atoms. The number of Topliss-reactive ketones (excluding diaryl/α,β-unsaturated/α-hetero) is 1. The van der Waals surface area contributed by atoms with Crippen LogP contribution in [0.5, 0.6) is 0 Å². The van der Waals surface area contributed by atoms with Crippen molar-refractivity contribution in [1.82, 2.24) is 29.5 Å². The van der Waals surface area contributed by atoms with Crippen molar-refractivity contribution in [2.45, 2.75) is 31.7 Å². The molecule has 0 N–H and O–H groups in total. The number of amides is 1. The minimum absolute atomic E-state index is 0.0757. The average Bonchev–Trinajstić information content (AvgIpc) is 3.62. The molecule has 1 aromatic carbocycles. The number of carbonyl (C=O) groups is 2. The standard InChI is InChI=1S/C23H19N7O3/c31-21(12-28-7-5-24-14-28)18-3-1-16(11-25-18)15-2-4-19-17(9-15)10-20-22(33-23(32)30(19)20)13-29-8-6-26-27-29/h1-9,11,14,20,22H,10,12-13H2. The van der Waals surface area contributed by atoms with Crippen molar-refractivity contribution in [3.8, 4) is 11.1 Å². The highest BCUT2D eigenvalue weighted by Gasteiger charge is 2.47. The zero-order chi connectivity index (χ0) is 22.4. The lowest BCUT2D eigenvalue weighted by Crippen LogP contribution is -2.35. The summed E-state index contributed by atoms with van der Waals surface area (Å²) in [5.74, 6) is -0.0777. The molecule has 2 atom stereocenters. The van der Waals surface area contributed by atoms with Gasteiger partial charge in [-0.3, -0.25) is 14.7 Å². The Morgan fingerprint density at radius 3 is 2.79 bits per heavy atom. The lowest BCUT2D eigenvalue weighted by atomic mass is 10.0. The van der Waals surface area contributed by atoms with Crippen LogP contribution >= 0.6 is 0 Å². The second-order valence-electron chi connectivity index (χ2n) is 8.12. The third kappa shape index (κ3) is 3.45. The lowest BCUT2D eigenvalue weighted by molar-refractivity contribution is 0.0967. The molecule has 2 unspecified atom stereocenters. The first-order valence-electron chi connectivity index (χ1n) is 10.6. The van der Waals surface area contributed by atoms with Crippen molar-refractivity contribution >= 4 is 17.6 Å². The van der Waals surface area contributed by atoms with Crippen LogP contribution in [0.25, 0.3) is 11.1 Å². The molecule has 10 heteroatoms. The summed E-state index contributed by atoms with van der Waals surface area (Å²) in [6.45, 7) is 0.667. The van der Waals surface area contributed by atoms with Crippen LogP contribution in [0.2, 0.25) is 0 Å². The highest BCUT2D eigenvalue weighted by molar-refractivity contribution is 5.95. The number of pyridine rings is 1. The fourth-order valence-electron chi connectivity index (χ4n) is 4.49. The van der Waals surface area contributed by atoms with E-state index in [4.69, 9.17) is 4.74 Å². The minimum atomic E-state index is -0.334. The van der Waals surface area contributed by atoms with Gasteiger partial charge in [-0.1, -0.05) is 17.3 Å². The summed E-state index contributed by atoms with van der Waals surface area (Å²) in [6.07, 6.45) is 10.1. The topological polar surface area (TPSA) is 108 Å². The highest BCUT2D eigenvalue weighted by Crippen LogP contribution is 2.40. The van der Waals surface area contributed by atoms with Crippen LogP contribution in [0, 0.1) is 0 Å². The van der Waals surface area contributed by atoms with Crippen LogP contribution in [-0.2, 0) is 24.2 Å². The van der Waals surface area contributed by atoms with Crippen LogP contribution in [0.1, 0.15) is 16.1 Å². The monoisotopic (exact) mass is 441 g/mol. The number of anilines is 1. The Balaban J connectivity index is 1.21. The van der Waals surface area contributed by atoms with Crippen molar-refractivity contribution in [2.24, 2.45) is 0 Å². The summed E-state index contributed by atoms with van der Waals surface area (Å²) in [6, 6.07) is 9.55. The Hall–Kier alpha value is -4.34. The summed E-state index contributed by atoms with van der Waals surface area (Å²) in [7, 11) is 0. The molecule has 10 nitrogen and oxygen atoms in total. The molecule has 0 spiro atoms. The second-order valence-corrected chi connectivity index (χ2v) is 8.12. The SMILES string of the molecule is O=C(Cn1ccnc1)c1ccc(-c2ccc3c(c2)CC2C(Cn4ccnn4)OC(=O)N32)cn1. The number of carbonyl (C=O) groups excluding carboxylic acids is 2. The van der Waals surface area contributed by atoms with E-state index >= 15 is 0 Å². The molecular formula is C23H19N7O3. The van der Waals surface area contributed by atoms with Crippen molar-refractivity contribution in [1.29, 1.82) is 0 Å². The van der Waals surface area contributed by atoms with Gasteiger partial charge in [0, 0.05) is 30.4 Å². The van der Waals surface area contributed by atoms with Crippen LogP contribution in [-0.4, -0.2) is 53.6 Å². The first-order valence-corrected chi connectivity index (χ1v) is 10.6. The van der Waals surface area contributed by atoms with Gasteiger partial charge >= 0.3 is 6.09 Å². The Morgan fingerprint density at radius 1 is 1.12 bits per heavy atom. The number of benzene rings is 1. The fourth-order valence-corrected chi connectivity index (χ4v) is 4.49. The van der Waals surface area contributed by atoms with Crippen LogP contribution in [0.15, 0.2) is 67.6 Å². The number of imidazole rings is 1. The molecule has 4 aromatic rings. The maximum absolute atomic E-state index is 12.5. The number of aromatic nitrogens is 6. The number of ether oxygens (including phenoxy) is 1. The van der Waals surface area contributed by atoms with Gasteiger partial charge in [0.05, 0.1) is 37.3 Å². The zero-order valence-corrected chi connectivity index (χ0v) is 17.5. The Kier molecular flexibility index (Phi) is 4.49. The van der Waals surface area contributed by atoms with Crippen molar-refractivity contribution < 1.29 is 14.3 Å². The average molecular weight is 441 g/mol. The number of rotatable bonds is 6. The first-order chi connectivity index (χ1) is 16.2. The van der Waals surface area contributed by atoms with Gasteiger partial charge < -0.3 is 9.30 Å². The van der Waals surface area contributed by atoms with Crippen molar-refractivity contribution in [3.63, 3.8) is 0 Å². The maximum Gasteiger partial charge on any atom is 0.415 e. The Morgan fingerprint density at radius 2 is 2.03 bits per heavy atom. The van der Waals surface area contributed by atoms with E-state index in [1.807, 2.05) is 18.2 Å². The lowest BCUT2D eigenvalue weighted by Gasteiger charge is -2.16. The fraction of sp³-hybridized carbons (Fsp3) is 0.217. The molecule has 6 rings (SSSR count). The summed E-state index contributed by atoms with van der Waals surface area (Å²) >= 11 is 0. The summed E-state index contributed by atoms with van der Waals surface area (Å²) in [5.41, 5.74) is 4.25. The number of hydrogen-bond acceptors (Lipinski definition) is 7. The van der Waals surface area contributed by atoms with Gasteiger partial charge in [-0.05, 0) is 35.7 Å². The first kappa shape index (κ1) is 19.4. The van der Waals surface area contributed by atoms with Gasteiger partial charge in [0.2, 0.25) is 5.78 Å². The Bertz CT molecular complexity index is 1320. The number of nitrogens with zero attached hydrogens (tertiary/aromatic N) is 7. The number of fused-ring (bicyclic) bond motifs is 3. The van der Waals surface area contributed by atoms with Gasteiger partial charge in [-0.25, -0.2) is 14.5 Å².